The Morgan fingerprint density at radius 1 is 1.29 bits per heavy atom. The van der Waals surface area contributed by atoms with Gasteiger partial charge in [0.15, 0.2) is 0 Å². The fourth-order valence-electron chi connectivity index (χ4n) is 1.80. The number of pyridine rings is 1. The Bertz CT molecular complexity index is 697. The fourth-order valence-corrected chi connectivity index (χ4v) is 1.80. The van der Waals surface area contributed by atoms with Gasteiger partial charge in [-0.25, -0.2) is 9.78 Å². The van der Waals surface area contributed by atoms with Crippen LogP contribution in [-0.4, -0.2) is 27.6 Å². The van der Waals surface area contributed by atoms with Gasteiger partial charge >= 0.3 is 5.97 Å². The van der Waals surface area contributed by atoms with Gasteiger partial charge in [-0.1, -0.05) is 26.0 Å². The first-order valence-corrected chi connectivity index (χ1v) is 7.89. The van der Waals surface area contributed by atoms with E-state index in [1.54, 1.807) is 13.0 Å². The summed E-state index contributed by atoms with van der Waals surface area (Å²) in [5.41, 5.74) is 7.53. The van der Waals surface area contributed by atoms with Crippen molar-refractivity contribution < 1.29 is 9.90 Å². The number of thiol groups is 1. The summed E-state index contributed by atoms with van der Waals surface area (Å²) in [5.74, 6) is -0.594. The van der Waals surface area contributed by atoms with Crippen molar-refractivity contribution in [2.24, 2.45) is 5.73 Å². The SMILES string of the molecule is C#C.CC.CC(=N)c1ccc(C)c2nc(C(=O)O)ccc12.NCS. The molecule has 2 rings (SSSR count). The number of terminal acetylenes is 1. The van der Waals surface area contributed by atoms with Crippen molar-refractivity contribution in [3.8, 4) is 12.8 Å². The number of hydrogen-bond acceptors (Lipinski definition) is 5. The first-order valence-electron chi connectivity index (χ1n) is 7.25. The van der Waals surface area contributed by atoms with Gasteiger partial charge in [0, 0.05) is 22.5 Å². The molecular weight excluding hydrogens is 322 g/mol. The van der Waals surface area contributed by atoms with E-state index in [9.17, 15) is 4.79 Å². The van der Waals surface area contributed by atoms with E-state index in [0.29, 0.717) is 17.1 Å². The Labute approximate surface area is 149 Å². The maximum Gasteiger partial charge on any atom is 0.354 e. The quantitative estimate of drug-likeness (QED) is 0.288. The molecule has 0 bridgehead atoms. The molecule has 1 aromatic carbocycles. The van der Waals surface area contributed by atoms with Crippen LogP contribution in [0.5, 0.6) is 0 Å². The number of benzene rings is 1. The van der Waals surface area contributed by atoms with E-state index in [1.807, 2.05) is 32.9 Å². The maximum absolute atomic E-state index is 10.9. The van der Waals surface area contributed by atoms with Crippen LogP contribution >= 0.6 is 12.6 Å². The number of carboxylic acids is 1. The lowest BCUT2D eigenvalue weighted by molar-refractivity contribution is 0.0691. The molecule has 24 heavy (non-hydrogen) atoms. The number of aromatic carboxylic acids is 1. The second kappa shape index (κ2) is 13.1. The van der Waals surface area contributed by atoms with Crippen LogP contribution in [0.25, 0.3) is 10.9 Å². The van der Waals surface area contributed by atoms with Crippen LogP contribution in [0.3, 0.4) is 0 Å². The van der Waals surface area contributed by atoms with E-state index in [-0.39, 0.29) is 5.69 Å². The van der Waals surface area contributed by atoms with Crippen molar-refractivity contribution in [3.05, 3.63) is 41.1 Å². The van der Waals surface area contributed by atoms with Crippen molar-refractivity contribution in [2.45, 2.75) is 27.7 Å². The smallest absolute Gasteiger partial charge is 0.354 e. The second-order valence-electron chi connectivity index (χ2n) is 4.14. The maximum atomic E-state index is 10.9. The first kappa shape index (κ1) is 23.9. The van der Waals surface area contributed by atoms with Gasteiger partial charge in [0.05, 0.1) is 5.52 Å². The predicted molar refractivity (Wildman–Crippen MR) is 105 cm³/mol. The number of rotatable bonds is 2. The Morgan fingerprint density at radius 3 is 2.21 bits per heavy atom. The lowest BCUT2D eigenvalue weighted by atomic mass is 10.0. The highest BCUT2D eigenvalue weighted by Gasteiger charge is 2.10. The highest BCUT2D eigenvalue weighted by molar-refractivity contribution is 7.80. The summed E-state index contributed by atoms with van der Waals surface area (Å²) in [6, 6.07) is 6.90. The third-order valence-corrected chi connectivity index (χ3v) is 2.68. The fraction of sp³-hybridized carbons (Fsp3) is 0.278. The highest BCUT2D eigenvalue weighted by Crippen LogP contribution is 2.21. The first-order chi connectivity index (χ1) is 11.4. The average Bonchev–Trinajstić information content (AvgIpc) is 2.59. The second-order valence-corrected chi connectivity index (χ2v) is 4.50. The van der Waals surface area contributed by atoms with Gasteiger partial charge in [0.2, 0.25) is 0 Å². The molecule has 0 radical (unpaired) electrons. The zero-order chi connectivity index (χ0) is 19.3. The minimum atomic E-state index is -1.04. The van der Waals surface area contributed by atoms with Gasteiger partial charge in [-0.05, 0) is 31.5 Å². The van der Waals surface area contributed by atoms with E-state index >= 15 is 0 Å². The van der Waals surface area contributed by atoms with Crippen molar-refractivity contribution in [3.63, 3.8) is 0 Å². The molecule has 2 aromatic rings. The summed E-state index contributed by atoms with van der Waals surface area (Å²) in [6.45, 7) is 7.58. The molecule has 0 fully saturated rings. The standard InChI is InChI=1S/C13H12N2O2.C2H6.C2H2.CH5NS/c1-7-3-4-9(8(2)14)10-5-6-11(13(16)17)15-12(7)10;2*1-2;2-1-3/h3-6,14H,1-2H3,(H,16,17);1-2H3;1-2H;3H,1-2H2. The van der Waals surface area contributed by atoms with Crippen molar-refractivity contribution in [1.29, 1.82) is 5.41 Å². The zero-order valence-electron chi connectivity index (χ0n) is 14.5. The minimum absolute atomic E-state index is 0.0281. The molecule has 5 nitrogen and oxygen atoms in total. The molecular formula is C18H25N3O2S. The van der Waals surface area contributed by atoms with Crippen LogP contribution in [-0.2, 0) is 0 Å². The van der Waals surface area contributed by atoms with E-state index < -0.39 is 5.97 Å². The summed E-state index contributed by atoms with van der Waals surface area (Å²) in [6.07, 6.45) is 8.00. The van der Waals surface area contributed by atoms with Crippen LogP contribution in [0.15, 0.2) is 24.3 Å². The zero-order valence-corrected chi connectivity index (χ0v) is 15.4. The van der Waals surface area contributed by atoms with Crippen LogP contribution in [0.1, 0.15) is 42.4 Å². The number of nitrogens with zero attached hydrogens (tertiary/aromatic N) is 1. The monoisotopic (exact) mass is 347 g/mol. The summed E-state index contributed by atoms with van der Waals surface area (Å²) < 4.78 is 0. The summed E-state index contributed by atoms with van der Waals surface area (Å²) >= 11 is 3.57. The molecule has 1 aromatic heterocycles. The molecule has 0 saturated heterocycles. The van der Waals surface area contributed by atoms with E-state index in [1.165, 1.54) is 6.07 Å². The Hall–Kier alpha value is -2.36. The Morgan fingerprint density at radius 2 is 1.79 bits per heavy atom. The highest BCUT2D eigenvalue weighted by atomic mass is 32.1. The molecule has 0 amide bonds. The van der Waals surface area contributed by atoms with Crippen LogP contribution in [0.2, 0.25) is 0 Å². The molecule has 0 unspecified atom stereocenters. The van der Waals surface area contributed by atoms with Crippen LogP contribution in [0.4, 0.5) is 0 Å². The molecule has 4 N–H and O–H groups in total. The molecule has 0 aliphatic rings. The summed E-state index contributed by atoms with van der Waals surface area (Å²) in [7, 11) is 0. The van der Waals surface area contributed by atoms with Gasteiger partial charge in [-0.15, -0.1) is 12.8 Å². The van der Waals surface area contributed by atoms with E-state index in [2.05, 4.69) is 30.5 Å². The van der Waals surface area contributed by atoms with Crippen LogP contribution < -0.4 is 5.73 Å². The van der Waals surface area contributed by atoms with Gasteiger partial charge in [-0.2, -0.15) is 12.6 Å². The van der Waals surface area contributed by atoms with Gasteiger partial charge in [-0.3, -0.25) is 0 Å². The Kier molecular flexibility index (Phi) is 13.1. The molecule has 0 aliphatic carbocycles. The van der Waals surface area contributed by atoms with Crippen LogP contribution in [0, 0.1) is 25.2 Å². The molecule has 1 heterocycles. The number of carbonyl (C=O) groups is 1. The van der Waals surface area contributed by atoms with Crippen molar-refractivity contribution in [2.75, 3.05) is 5.88 Å². The Balaban J connectivity index is 0. The normalized spacial score (nSPS) is 8.50. The largest absolute Gasteiger partial charge is 0.477 e. The van der Waals surface area contributed by atoms with E-state index in [0.717, 1.165) is 16.5 Å². The lowest BCUT2D eigenvalue weighted by Crippen LogP contribution is -2.02. The average molecular weight is 347 g/mol. The van der Waals surface area contributed by atoms with Gasteiger partial charge < -0.3 is 16.2 Å². The van der Waals surface area contributed by atoms with Crippen molar-refractivity contribution in [1.82, 2.24) is 4.98 Å². The number of aromatic nitrogens is 1. The van der Waals surface area contributed by atoms with Gasteiger partial charge in [0.25, 0.3) is 0 Å². The number of nitrogens with two attached hydrogens (primary N) is 1. The number of hydrogen-bond donors (Lipinski definition) is 4. The lowest BCUT2D eigenvalue weighted by Gasteiger charge is -2.07. The summed E-state index contributed by atoms with van der Waals surface area (Å²) in [4.78, 5) is 15.0. The molecule has 0 aliphatic heterocycles. The molecule has 0 spiro atoms. The number of carboxylic acid groups (broad SMARTS) is 1. The predicted octanol–water partition coefficient (Wildman–Crippen LogP) is 3.74. The van der Waals surface area contributed by atoms with Crippen molar-refractivity contribution >= 4 is 35.2 Å². The molecule has 0 saturated carbocycles. The third kappa shape index (κ3) is 6.82. The summed E-state index contributed by atoms with van der Waals surface area (Å²) in [5, 5.41) is 17.4. The van der Waals surface area contributed by atoms with Gasteiger partial charge in [0.1, 0.15) is 5.69 Å². The number of fused-ring (bicyclic) bond motifs is 1. The third-order valence-electron chi connectivity index (χ3n) is 2.68. The molecule has 0 atom stereocenters. The number of nitrogens with one attached hydrogen (secondary N) is 1. The molecule has 6 heteroatoms. The molecule has 130 valence electrons. The number of aryl methyl sites for hydroxylation is 1. The van der Waals surface area contributed by atoms with E-state index in [4.69, 9.17) is 16.2 Å². The topological polar surface area (TPSA) is 100 Å². The minimum Gasteiger partial charge on any atom is -0.477 e.